The van der Waals surface area contributed by atoms with Crippen molar-refractivity contribution in [2.45, 2.75) is 26.4 Å². The van der Waals surface area contributed by atoms with Crippen molar-refractivity contribution in [1.82, 2.24) is 0 Å². The molecular formula is C10H14O4. The van der Waals surface area contributed by atoms with Crippen LogP contribution in [0.25, 0.3) is 0 Å². The first kappa shape index (κ1) is 10.8. The predicted molar refractivity (Wildman–Crippen MR) is 51.7 cm³/mol. The summed E-state index contributed by atoms with van der Waals surface area (Å²) in [6.45, 7) is 3.27. The Bertz CT molecular complexity index is 365. The molecule has 0 bridgehead atoms. The van der Waals surface area contributed by atoms with Crippen LogP contribution in [0, 0.1) is 6.92 Å². The predicted octanol–water partition coefficient (Wildman–Crippen LogP) is 0.880. The lowest BCUT2D eigenvalue weighted by Crippen LogP contribution is -2.11. The monoisotopic (exact) mass is 198 g/mol. The summed E-state index contributed by atoms with van der Waals surface area (Å²) in [4.78, 5) is 11.4. The number of methoxy groups -OCH3 is 1. The van der Waals surface area contributed by atoms with E-state index in [-0.39, 0.29) is 11.4 Å². The highest BCUT2D eigenvalue weighted by molar-refractivity contribution is 5.22. The summed E-state index contributed by atoms with van der Waals surface area (Å²) in [5.41, 5.74) is 0.311. The molecule has 1 aromatic rings. The first-order valence-electron chi connectivity index (χ1n) is 4.40. The second-order valence-corrected chi connectivity index (χ2v) is 3.25. The van der Waals surface area contributed by atoms with E-state index in [9.17, 15) is 4.79 Å². The van der Waals surface area contributed by atoms with Gasteiger partial charge < -0.3 is 14.3 Å². The van der Waals surface area contributed by atoms with Crippen molar-refractivity contribution in [3.8, 4) is 5.95 Å². The maximum Gasteiger partial charge on any atom is 0.291 e. The number of hydrogen-bond acceptors (Lipinski definition) is 4. The molecule has 14 heavy (non-hydrogen) atoms. The quantitative estimate of drug-likeness (QED) is 0.783. The van der Waals surface area contributed by atoms with Gasteiger partial charge in [-0.2, -0.15) is 0 Å². The van der Waals surface area contributed by atoms with Crippen LogP contribution in [0.5, 0.6) is 5.95 Å². The summed E-state index contributed by atoms with van der Waals surface area (Å²) in [5.74, 6) is 0.653. The van der Waals surface area contributed by atoms with E-state index < -0.39 is 6.10 Å². The van der Waals surface area contributed by atoms with E-state index in [1.54, 1.807) is 13.8 Å². The van der Waals surface area contributed by atoms with Gasteiger partial charge in [0.1, 0.15) is 5.76 Å². The molecule has 78 valence electrons. The van der Waals surface area contributed by atoms with Crippen molar-refractivity contribution in [1.29, 1.82) is 0 Å². The molecule has 0 saturated heterocycles. The van der Waals surface area contributed by atoms with Gasteiger partial charge in [0.05, 0.1) is 18.8 Å². The Morgan fingerprint density at radius 3 is 2.79 bits per heavy atom. The van der Waals surface area contributed by atoms with E-state index in [1.165, 1.54) is 13.2 Å². The van der Waals surface area contributed by atoms with Gasteiger partial charge in [-0.05, 0) is 13.8 Å². The second-order valence-electron chi connectivity index (χ2n) is 3.25. The molecule has 0 unspecified atom stereocenters. The zero-order valence-corrected chi connectivity index (χ0v) is 8.53. The third-order valence-corrected chi connectivity index (χ3v) is 1.87. The molecule has 1 aromatic heterocycles. The highest BCUT2D eigenvalue weighted by Gasteiger charge is 2.09. The average Bonchev–Trinajstić information content (AvgIpc) is 2.10. The molecule has 0 saturated carbocycles. The SMILES string of the molecule is COc1oc(C[C@H](C)O)cc(=O)c1C. The Morgan fingerprint density at radius 2 is 2.29 bits per heavy atom. The Hall–Kier alpha value is -1.29. The van der Waals surface area contributed by atoms with Crippen LogP contribution < -0.4 is 10.2 Å². The summed E-state index contributed by atoms with van der Waals surface area (Å²) >= 11 is 0. The summed E-state index contributed by atoms with van der Waals surface area (Å²) in [5, 5.41) is 9.13. The number of aliphatic hydroxyl groups excluding tert-OH is 1. The lowest BCUT2D eigenvalue weighted by Gasteiger charge is -2.06. The van der Waals surface area contributed by atoms with Crippen molar-refractivity contribution >= 4 is 0 Å². The van der Waals surface area contributed by atoms with Crippen molar-refractivity contribution in [2.75, 3.05) is 7.11 Å². The molecule has 0 aliphatic heterocycles. The van der Waals surface area contributed by atoms with Gasteiger partial charge >= 0.3 is 0 Å². The Labute approximate surface area is 82.1 Å². The minimum atomic E-state index is -0.537. The van der Waals surface area contributed by atoms with E-state index in [0.29, 0.717) is 17.7 Å². The van der Waals surface area contributed by atoms with Crippen molar-refractivity contribution in [3.05, 3.63) is 27.6 Å². The minimum absolute atomic E-state index is 0.135. The van der Waals surface area contributed by atoms with Crippen LogP contribution in [0.4, 0.5) is 0 Å². The van der Waals surface area contributed by atoms with Gasteiger partial charge in [-0.3, -0.25) is 4.79 Å². The van der Waals surface area contributed by atoms with E-state index in [0.717, 1.165) is 0 Å². The first-order valence-corrected chi connectivity index (χ1v) is 4.40. The largest absolute Gasteiger partial charge is 0.468 e. The number of rotatable bonds is 3. The molecule has 1 rings (SSSR count). The molecule has 0 radical (unpaired) electrons. The Balaban J connectivity index is 3.10. The van der Waals surface area contributed by atoms with Gasteiger partial charge in [0.2, 0.25) is 0 Å². The molecule has 0 aromatic carbocycles. The maximum atomic E-state index is 11.4. The number of hydrogen-bond donors (Lipinski definition) is 1. The zero-order valence-electron chi connectivity index (χ0n) is 8.53. The van der Waals surface area contributed by atoms with Crippen molar-refractivity contribution in [2.24, 2.45) is 0 Å². The fourth-order valence-corrected chi connectivity index (χ4v) is 1.17. The van der Waals surface area contributed by atoms with Crippen LogP contribution in [0.2, 0.25) is 0 Å². The molecule has 0 amide bonds. The van der Waals surface area contributed by atoms with E-state index in [1.807, 2.05) is 0 Å². The topological polar surface area (TPSA) is 59.7 Å². The minimum Gasteiger partial charge on any atom is -0.468 e. The van der Waals surface area contributed by atoms with Gasteiger partial charge in [0, 0.05) is 12.5 Å². The molecule has 1 N–H and O–H groups in total. The van der Waals surface area contributed by atoms with Crippen LogP contribution in [0.15, 0.2) is 15.3 Å². The summed E-state index contributed by atoms with van der Waals surface area (Å²) in [6, 6.07) is 1.38. The number of aliphatic hydroxyl groups is 1. The third kappa shape index (κ3) is 2.35. The smallest absolute Gasteiger partial charge is 0.291 e. The summed E-state index contributed by atoms with van der Waals surface area (Å²) in [7, 11) is 1.44. The molecule has 0 aliphatic rings. The van der Waals surface area contributed by atoms with Crippen molar-refractivity contribution in [3.63, 3.8) is 0 Å². The molecule has 0 fully saturated rings. The van der Waals surface area contributed by atoms with Crippen molar-refractivity contribution < 1.29 is 14.3 Å². The Kier molecular flexibility index (Phi) is 3.30. The van der Waals surface area contributed by atoms with Gasteiger partial charge in [-0.1, -0.05) is 0 Å². The van der Waals surface area contributed by atoms with Crippen LogP contribution in [-0.4, -0.2) is 18.3 Å². The number of ether oxygens (including phenoxy) is 1. The Morgan fingerprint density at radius 1 is 1.64 bits per heavy atom. The molecular weight excluding hydrogens is 184 g/mol. The highest BCUT2D eigenvalue weighted by atomic mass is 16.6. The van der Waals surface area contributed by atoms with Gasteiger partial charge in [0.25, 0.3) is 5.95 Å². The third-order valence-electron chi connectivity index (χ3n) is 1.87. The lowest BCUT2D eigenvalue weighted by molar-refractivity contribution is 0.181. The zero-order chi connectivity index (χ0) is 10.7. The van der Waals surface area contributed by atoms with Gasteiger partial charge in [-0.25, -0.2) is 0 Å². The van der Waals surface area contributed by atoms with Gasteiger partial charge in [-0.15, -0.1) is 0 Å². The van der Waals surface area contributed by atoms with Crippen LogP contribution in [0.3, 0.4) is 0 Å². The summed E-state index contributed by atoms with van der Waals surface area (Å²) in [6.07, 6.45) is -0.225. The van der Waals surface area contributed by atoms with E-state index >= 15 is 0 Å². The fourth-order valence-electron chi connectivity index (χ4n) is 1.17. The molecule has 1 atom stereocenters. The normalized spacial score (nSPS) is 12.6. The maximum absolute atomic E-state index is 11.4. The lowest BCUT2D eigenvalue weighted by atomic mass is 10.2. The standard InChI is InChI=1S/C10H14O4/c1-6(11)4-8-5-9(12)7(2)10(13-3)14-8/h5-6,11H,4H2,1-3H3/t6-/m0/s1. The van der Waals surface area contributed by atoms with Crippen LogP contribution in [-0.2, 0) is 6.42 Å². The first-order chi connectivity index (χ1) is 6.54. The summed E-state index contributed by atoms with van der Waals surface area (Å²) < 4.78 is 10.2. The highest BCUT2D eigenvalue weighted by Crippen LogP contribution is 2.16. The average molecular weight is 198 g/mol. The van der Waals surface area contributed by atoms with Gasteiger partial charge in [0.15, 0.2) is 5.43 Å². The van der Waals surface area contributed by atoms with Crippen LogP contribution >= 0.6 is 0 Å². The molecule has 4 nitrogen and oxygen atoms in total. The molecule has 0 aliphatic carbocycles. The van der Waals surface area contributed by atoms with E-state index in [4.69, 9.17) is 14.3 Å². The van der Waals surface area contributed by atoms with E-state index in [2.05, 4.69) is 0 Å². The van der Waals surface area contributed by atoms with Crippen LogP contribution in [0.1, 0.15) is 18.2 Å². The fraction of sp³-hybridized carbons (Fsp3) is 0.500. The molecule has 0 spiro atoms. The molecule has 4 heteroatoms. The molecule has 1 heterocycles. The second kappa shape index (κ2) is 4.28.